The second-order valence-electron chi connectivity index (χ2n) is 4.88. The van der Waals surface area contributed by atoms with Crippen molar-refractivity contribution in [2.24, 2.45) is 5.73 Å². The number of nitrogens with one attached hydrogen (secondary N) is 1. The largest absolute Gasteiger partial charge is 0.449 e. The Morgan fingerprint density at radius 2 is 1.71 bits per heavy atom. The highest BCUT2D eigenvalue weighted by Gasteiger charge is 2.24. The average Bonchev–Trinajstić information content (AvgIpc) is 2.85. The minimum atomic E-state index is -4.06. The van der Waals surface area contributed by atoms with E-state index < -0.39 is 15.9 Å². The van der Waals surface area contributed by atoms with Gasteiger partial charge in [-0.15, -0.1) is 0 Å². The van der Waals surface area contributed by atoms with Gasteiger partial charge in [-0.05, 0) is 30.3 Å². The third-order valence-corrected chi connectivity index (χ3v) is 4.97. The SMILES string of the molecule is NC(=O)c1oc2ccccc2c1NS(=O)(=O)c1cc(Cl)cc(Cl)c1. The average molecular weight is 385 g/mol. The van der Waals surface area contributed by atoms with Crippen LogP contribution in [0.1, 0.15) is 10.6 Å². The van der Waals surface area contributed by atoms with Crippen molar-refractivity contribution >= 4 is 55.8 Å². The molecule has 0 saturated carbocycles. The van der Waals surface area contributed by atoms with Crippen LogP contribution in [0.3, 0.4) is 0 Å². The summed E-state index contributed by atoms with van der Waals surface area (Å²) in [6.45, 7) is 0. The number of amides is 1. The van der Waals surface area contributed by atoms with Gasteiger partial charge in [0.25, 0.3) is 15.9 Å². The van der Waals surface area contributed by atoms with Crippen molar-refractivity contribution < 1.29 is 17.6 Å². The van der Waals surface area contributed by atoms with Gasteiger partial charge in [0.1, 0.15) is 11.3 Å². The van der Waals surface area contributed by atoms with E-state index in [1.54, 1.807) is 24.3 Å². The molecule has 0 unspecified atom stereocenters. The highest BCUT2D eigenvalue weighted by molar-refractivity contribution is 7.92. The Balaban J connectivity index is 2.15. The van der Waals surface area contributed by atoms with Crippen molar-refractivity contribution in [3.63, 3.8) is 0 Å². The molecule has 0 aliphatic rings. The van der Waals surface area contributed by atoms with E-state index in [4.69, 9.17) is 33.4 Å². The molecule has 3 aromatic rings. The van der Waals surface area contributed by atoms with E-state index in [1.807, 2.05) is 0 Å². The molecule has 24 heavy (non-hydrogen) atoms. The molecule has 1 aromatic heterocycles. The van der Waals surface area contributed by atoms with Crippen LogP contribution in [0, 0.1) is 0 Å². The van der Waals surface area contributed by atoms with E-state index in [0.717, 1.165) is 0 Å². The third-order valence-electron chi connectivity index (χ3n) is 3.20. The van der Waals surface area contributed by atoms with Crippen molar-refractivity contribution in [3.8, 4) is 0 Å². The van der Waals surface area contributed by atoms with Crippen LogP contribution in [0.2, 0.25) is 10.0 Å². The second kappa shape index (κ2) is 6.01. The molecule has 0 atom stereocenters. The van der Waals surface area contributed by atoms with Gasteiger partial charge < -0.3 is 10.2 Å². The molecule has 0 aliphatic carbocycles. The molecule has 1 heterocycles. The normalized spacial score (nSPS) is 11.6. The van der Waals surface area contributed by atoms with Crippen LogP contribution >= 0.6 is 23.2 Å². The van der Waals surface area contributed by atoms with Crippen LogP contribution < -0.4 is 10.5 Å². The Labute approximate surface area is 147 Å². The predicted octanol–water partition coefficient (Wildman–Crippen LogP) is 3.64. The maximum absolute atomic E-state index is 12.6. The first-order chi connectivity index (χ1) is 11.3. The number of primary amides is 1. The van der Waals surface area contributed by atoms with Gasteiger partial charge in [0, 0.05) is 15.4 Å². The molecular formula is C15H10Cl2N2O4S. The number of fused-ring (bicyclic) bond motifs is 1. The molecule has 124 valence electrons. The summed E-state index contributed by atoms with van der Waals surface area (Å²) in [5, 5.41) is 0.730. The number of benzene rings is 2. The standard InChI is InChI=1S/C15H10Cl2N2O4S/c16-8-5-9(17)7-10(6-8)24(21,22)19-13-11-3-1-2-4-12(11)23-14(13)15(18)20/h1-7,19H,(H2,18,20). The lowest BCUT2D eigenvalue weighted by Gasteiger charge is -2.08. The van der Waals surface area contributed by atoms with Gasteiger partial charge in [-0.25, -0.2) is 8.42 Å². The van der Waals surface area contributed by atoms with Crippen molar-refractivity contribution in [2.75, 3.05) is 4.72 Å². The fraction of sp³-hybridized carbons (Fsp3) is 0. The van der Waals surface area contributed by atoms with E-state index in [1.165, 1.54) is 18.2 Å². The minimum absolute atomic E-state index is 0.0332. The number of carbonyl (C=O) groups is 1. The monoisotopic (exact) mass is 384 g/mol. The predicted molar refractivity (Wildman–Crippen MR) is 92.0 cm³/mol. The van der Waals surface area contributed by atoms with Crippen LogP contribution in [0.15, 0.2) is 51.8 Å². The van der Waals surface area contributed by atoms with Crippen LogP contribution in [-0.4, -0.2) is 14.3 Å². The Kier molecular flexibility index (Phi) is 4.16. The van der Waals surface area contributed by atoms with Crippen molar-refractivity contribution in [1.82, 2.24) is 0 Å². The van der Waals surface area contributed by atoms with Gasteiger partial charge in [-0.2, -0.15) is 0 Å². The van der Waals surface area contributed by atoms with Crippen LogP contribution in [0.5, 0.6) is 0 Å². The third kappa shape index (κ3) is 3.06. The Hall–Kier alpha value is -2.22. The fourth-order valence-electron chi connectivity index (χ4n) is 2.20. The van der Waals surface area contributed by atoms with Gasteiger partial charge in [0.2, 0.25) is 5.76 Å². The van der Waals surface area contributed by atoms with E-state index in [9.17, 15) is 13.2 Å². The van der Waals surface area contributed by atoms with Crippen molar-refractivity contribution in [3.05, 3.63) is 58.3 Å². The summed E-state index contributed by atoms with van der Waals surface area (Å²) in [5.41, 5.74) is 5.57. The molecule has 1 amide bonds. The molecule has 0 fully saturated rings. The molecule has 0 aliphatic heterocycles. The number of carbonyl (C=O) groups excluding carboxylic acids is 1. The number of sulfonamides is 1. The lowest BCUT2D eigenvalue weighted by atomic mass is 10.2. The van der Waals surface area contributed by atoms with E-state index in [-0.39, 0.29) is 26.4 Å². The summed E-state index contributed by atoms with van der Waals surface area (Å²) in [7, 11) is -4.06. The number of halogens is 2. The first-order valence-electron chi connectivity index (χ1n) is 6.58. The quantitative estimate of drug-likeness (QED) is 0.716. The lowest BCUT2D eigenvalue weighted by molar-refractivity contribution is 0.0977. The van der Waals surface area contributed by atoms with E-state index >= 15 is 0 Å². The number of nitrogens with two attached hydrogens (primary N) is 1. The molecule has 0 radical (unpaired) electrons. The Morgan fingerprint density at radius 3 is 2.33 bits per heavy atom. The first kappa shape index (κ1) is 16.6. The van der Waals surface area contributed by atoms with Crippen molar-refractivity contribution in [1.29, 1.82) is 0 Å². The summed E-state index contributed by atoms with van der Waals surface area (Å²) in [4.78, 5) is 11.4. The lowest BCUT2D eigenvalue weighted by Crippen LogP contribution is -2.17. The van der Waals surface area contributed by atoms with Crippen molar-refractivity contribution in [2.45, 2.75) is 4.90 Å². The number of hydrogen-bond acceptors (Lipinski definition) is 4. The van der Waals surface area contributed by atoms with Gasteiger partial charge in [0.15, 0.2) is 0 Å². The highest BCUT2D eigenvalue weighted by atomic mass is 35.5. The molecule has 6 nitrogen and oxygen atoms in total. The van der Waals surface area contributed by atoms with Crippen LogP contribution in [-0.2, 0) is 10.0 Å². The topological polar surface area (TPSA) is 102 Å². The summed E-state index contributed by atoms with van der Waals surface area (Å²) < 4.78 is 32.9. The van der Waals surface area contributed by atoms with Gasteiger partial charge >= 0.3 is 0 Å². The summed E-state index contributed by atoms with van der Waals surface area (Å²) in [6, 6.07) is 10.4. The smallest absolute Gasteiger partial charge is 0.286 e. The summed E-state index contributed by atoms with van der Waals surface area (Å²) in [5.74, 6) is -1.18. The highest BCUT2D eigenvalue weighted by Crippen LogP contribution is 2.33. The zero-order valence-electron chi connectivity index (χ0n) is 11.9. The van der Waals surface area contributed by atoms with Crippen LogP contribution in [0.4, 0.5) is 5.69 Å². The number of rotatable bonds is 4. The molecule has 3 N–H and O–H groups in total. The van der Waals surface area contributed by atoms with E-state index in [0.29, 0.717) is 11.0 Å². The maximum Gasteiger partial charge on any atom is 0.286 e. The molecule has 0 saturated heterocycles. The number of hydrogen-bond donors (Lipinski definition) is 2. The minimum Gasteiger partial charge on any atom is -0.449 e. The number of para-hydroxylation sites is 1. The maximum atomic E-state index is 12.6. The number of furan rings is 1. The van der Waals surface area contributed by atoms with Gasteiger partial charge in [-0.3, -0.25) is 9.52 Å². The molecular weight excluding hydrogens is 375 g/mol. The molecule has 0 spiro atoms. The van der Waals surface area contributed by atoms with Gasteiger partial charge in [-0.1, -0.05) is 35.3 Å². The first-order valence-corrected chi connectivity index (χ1v) is 8.82. The Morgan fingerprint density at radius 1 is 1.08 bits per heavy atom. The molecule has 2 aromatic carbocycles. The second-order valence-corrected chi connectivity index (χ2v) is 7.43. The molecule has 9 heteroatoms. The molecule has 0 bridgehead atoms. The zero-order chi connectivity index (χ0) is 17.5. The van der Waals surface area contributed by atoms with Crippen LogP contribution in [0.25, 0.3) is 11.0 Å². The summed E-state index contributed by atoms with van der Waals surface area (Å²) >= 11 is 11.7. The fourth-order valence-corrected chi connectivity index (χ4v) is 4.01. The Bertz CT molecular complexity index is 1040. The number of anilines is 1. The van der Waals surface area contributed by atoms with Gasteiger partial charge in [0.05, 0.1) is 4.90 Å². The van der Waals surface area contributed by atoms with E-state index in [2.05, 4.69) is 4.72 Å². The molecule has 3 rings (SSSR count). The zero-order valence-corrected chi connectivity index (χ0v) is 14.2. The summed E-state index contributed by atoms with van der Waals surface area (Å²) in [6.07, 6.45) is 0.